The van der Waals surface area contributed by atoms with Crippen molar-refractivity contribution in [1.82, 2.24) is 30.0 Å². The molecule has 2 amide bonds. The number of aromatic nitrogens is 4. The van der Waals surface area contributed by atoms with Crippen LogP contribution in [-0.4, -0.2) is 86.8 Å². The van der Waals surface area contributed by atoms with Crippen molar-refractivity contribution < 1.29 is 18.7 Å². The van der Waals surface area contributed by atoms with Gasteiger partial charge in [-0.1, -0.05) is 23.2 Å². The molecule has 13 heteroatoms. The molecule has 0 bridgehead atoms. The van der Waals surface area contributed by atoms with Crippen molar-refractivity contribution in [2.45, 2.75) is 18.5 Å². The number of carbonyl (C=O) groups is 2. The molecule has 3 aromatic rings. The lowest BCUT2D eigenvalue weighted by atomic mass is 10.1. The van der Waals surface area contributed by atoms with Gasteiger partial charge in [0.25, 0.3) is 0 Å². The van der Waals surface area contributed by atoms with Crippen molar-refractivity contribution in [3.05, 3.63) is 70.2 Å². The second-order valence-corrected chi connectivity index (χ2v) is 9.80. The standard InChI is InChI=1S/C25H24Cl2FN7O3/c26-17-2-5-22(35-15-29-31-32-35)16(11-17)1-6-24(36)34-14-19(33-7-9-38-10-8-33)13-23(34)25(37)30-18-3-4-21(28)20(27)12-18/h1-6,11-12,15,19,23H,7-10,13-14H2,(H,30,37)/b6-1+/t19-,23-/m0/s1. The summed E-state index contributed by atoms with van der Waals surface area (Å²) in [5.41, 5.74) is 1.62. The predicted molar refractivity (Wildman–Crippen MR) is 140 cm³/mol. The minimum absolute atomic E-state index is 0.00763. The molecule has 3 heterocycles. The van der Waals surface area contributed by atoms with E-state index < -0.39 is 11.9 Å². The summed E-state index contributed by atoms with van der Waals surface area (Å²) in [5, 5.41) is 14.4. The minimum Gasteiger partial charge on any atom is -0.379 e. The average molecular weight is 560 g/mol. The number of tetrazole rings is 1. The van der Waals surface area contributed by atoms with Crippen LogP contribution in [0.25, 0.3) is 11.8 Å². The molecule has 2 saturated heterocycles. The van der Waals surface area contributed by atoms with E-state index in [1.807, 2.05) is 0 Å². The summed E-state index contributed by atoms with van der Waals surface area (Å²) in [6.07, 6.45) is 4.93. The molecule has 0 radical (unpaired) electrons. The summed E-state index contributed by atoms with van der Waals surface area (Å²) in [7, 11) is 0. The fourth-order valence-corrected chi connectivity index (χ4v) is 5.07. The SMILES string of the molecule is O=C(Nc1ccc(F)c(Cl)c1)[C@@H]1C[C@H](N2CCOCC2)CN1C(=O)/C=C/c1cc(Cl)ccc1-n1cnnn1. The topological polar surface area (TPSA) is 105 Å². The van der Waals surface area contributed by atoms with Crippen molar-refractivity contribution in [3.8, 4) is 5.69 Å². The molecule has 0 aliphatic carbocycles. The normalized spacial score (nSPS) is 20.2. The van der Waals surface area contributed by atoms with E-state index >= 15 is 0 Å². The number of hydrogen-bond acceptors (Lipinski definition) is 7. The molecule has 1 aromatic heterocycles. The first-order valence-corrected chi connectivity index (χ1v) is 12.7. The molecule has 2 atom stereocenters. The molecule has 2 aliphatic rings. The number of rotatable bonds is 6. The fraction of sp³-hybridized carbons (Fsp3) is 0.320. The van der Waals surface area contributed by atoms with Gasteiger partial charge in [-0.05, 0) is 59.3 Å². The molecule has 0 saturated carbocycles. The molecule has 1 N–H and O–H groups in total. The Morgan fingerprint density at radius 3 is 2.68 bits per heavy atom. The minimum atomic E-state index is -0.734. The van der Waals surface area contributed by atoms with Crippen molar-refractivity contribution in [2.24, 2.45) is 0 Å². The summed E-state index contributed by atoms with van der Waals surface area (Å²) in [6, 6.07) is 8.36. The first kappa shape index (κ1) is 26.2. The Labute approximate surface area is 227 Å². The number of nitrogens with zero attached hydrogens (tertiary/aromatic N) is 6. The number of carbonyl (C=O) groups excluding carboxylic acids is 2. The third-order valence-corrected chi connectivity index (χ3v) is 7.13. The number of benzene rings is 2. The van der Waals surface area contributed by atoms with Crippen LogP contribution >= 0.6 is 23.2 Å². The van der Waals surface area contributed by atoms with Gasteiger partial charge in [0.2, 0.25) is 11.8 Å². The molecule has 2 aromatic carbocycles. The zero-order chi connectivity index (χ0) is 26.6. The van der Waals surface area contributed by atoms with Crippen LogP contribution in [0.4, 0.5) is 10.1 Å². The van der Waals surface area contributed by atoms with E-state index in [0.717, 1.165) is 13.1 Å². The largest absolute Gasteiger partial charge is 0.379 e. The van der Waals surface area contributed by atoms with Crippen LogP contribution in [0.1, 0.15) is 12.0 Å². The van der Waals surface area contributed by atoms with Crippen LogP contribution in [0.3, 0.4) is 0 Å². The molecule has 38 heavy (non-hydrogen) atoms. The highest BCUT2D eigenvalue weighted by molar-refractivity contribution is 6.31. The maximum atomic E-state index is 13.6. The monoisotopic (exact) mass is 559 g/mol. The van der Waals surface area contributed by atoms with E-state index in [0.29, 0.717) is 48.1 Å². The van der Waals surface area contributed by atoms with Crippen molar-refractivity contribution in [1.29, 1.82) is 0 Å². The van der Waals surface area contributed by atoms with E-state index in [1.165, 1.54) is 35.3 Å². The van der Waals surface area contributed by atoms with Crippen LogP contribution in [-0.2, 0) is 14.3 Å². The number of halogens is 3. The molecule has 2 aliphatic heterocycles. The Morgan fingerprint density at radius 2 is 1.95 bits per heavy atom. The summed E-state index contributed by atoms with van der Waals surface area (Å²) in [5.74, 6) is -1.29. The quantitative estimate of drug-likeness (QED) is 0.462. The van der Waals surface area contributed by atoms with Gasteiger partial charge in [-0.15, -0.1) is 5.10 Å². The van der Waals surface area contributed by atoms with Crippen LogP contribution in [0, 0.1) is 5.82 Å². The lowest BCUT2D eigenvalue weighted by Gasteiger charge is -2.31. The van der Waals surface area contributed by atoms with Crippen LogP contribution in [0.15, 0.2) is 48.8 Å². The highest BCUT2D eigenvalue weighted by Gasteiger charge is 2.41. The Bertz CT molecular complexity index is 1350. The Balaban J connectivity index is 1.38. The second kappa shape index (κ2) is 11.6. The maximum absolute atomic E-state index is 13.6. The summed E-state index contributed by atoms with van der Waals surface area (Å²) < 4.78 is 20.5. The summed E-state index contributed by atoms with van der Waals surface area (Å²) in [4.78, 5) is 30.6. The van der Waals surface area contributed by atoms with Crippen LogP contribution in [0.2, 0.25) is 10.0 Å². The van der Waals surface area contributed by atoms with E-state index in [2.05, 4.69) is 25.7 Å². The van der Waals surface area contributed by atoms with Gasteiger partial charge in [-0.2, -0.15) is 4.68 Å². The van der Waals surface area contributed by atoms with Gasteiger partial charge >= 0.3 is 0 Å². The number of ether oxygens (including phenoxy) is 1. The molecule has 10 nitrogen and oxygen atoms in total. The highest BCUT2D eigenvalue weighted by atomic mass is 35.5. The lowest BCUT2D eigenvalue weighted by Crippen LogP contribution is -2.45. The first-order valence-electron chi connectivity index (χ1n) is 12.0. The Morgan fingerprint density at radius 1 is 1.13 bits per heavy atom. The number of amides is 2. The number of morpholine rings is 1. The molecule has 5 rings (SSSR count). The van der Waals surface area contributed by atoms with Crippen molar-refractivity contribution >= 4 is 46.8 Å². The Hall–Kier alpha value is -3.38. The number of hydrogen-bond donors (Lipinski definition) is 1. The van der Waals surface area contributed by atoms with E-state index in [4.69, 9.17) is 27.9 Å². The number of likely N-dealkylation sites (tertiary alicyclic amines) is 1. The first-order chi connectivity index (χ1) is 18.4. The van der Waals surface area contributed by atoms with Crippen LogP contribution < -0.4 is 5.32 Å². The number of anilines is 1. The fourth-order valence-electron chi connectivity index (χ4n) is 4.71. The van der Waals surface area contributed by atoms with Gasteiger partial charge in [0.15, 0.2) is 0 Å². The second-order valence-electron chi connectivity index (χ2n) is 8.95. The molecular weight excluding hydrogens is 536 g/mol. The van der Waals surface area contributed by atoms with Gasteiger partial charge < -0.3 is 15.0 Å². The highest BCUT2D eigenvalue weighted by Crippen LogP contribution is 2.27. The number of nitrogens with one attached hydrogen (secondary N) is 1. The van der Waals surface area contributed by atoms with E-state index in [9.17, 15) is 14.0 Å². The zero-order valence-corrected chi connectivity index (χ0v) is 21.6. The van der Waals surface area contributed by atoms with Crippen LogP contribution in [0.5, 0.6) is 0 Å². The van der Waals surface area contributed by atoms with Crippen molar-refractivity contribution in [2.75, 3.05) is 38.2 Å². The third-order valence-electron chi connectivity index (χ3n) is 6.60. The third kappa shape index (κ3) is 5.86. The van der Waals surface area contributed by atoms with Gasteiger partial charge in [0.1, 0.15) is 18.2 Å². The van der Waals surface area contributed by atoms with E-state index in [1.54, 1.807) is 29.2 Å². The average Bonchev–Trinajstić information content (AvgIpc) is 3.61. The smallest absolute Gasteiger partial charge is 0.247 e. The molecule has 198 valence electrons. The Kier molecular flexibility index (Phi) is 7.98. The summed E-state index contributed by atoms with van der Waals surface area (Å²) >= 11 is 12.1. The van der Waals surface area contributed by atoms with Gasteiger partial charge in [-0.25, -0.2) is 4.39 Å². The zero-order valence-electron chi connectivity index (χ0n) is 20.1. The summed E-state index contributed by atoms with van der Waals surface area (Å²) in [6.45, 7) is 3.03. The maximum Gasteiger partial charge on any atom is 0.247 e. The van der Waals surface area contributed by atoms with Gasteiger partial charge in [0.05, 0.1) is 23.9 Å². The molecular formula is C25H24Cl2FN7O3. The predicted octanol–water partition coefficient (Wildman–Crippen LogP) is 3.06. The molecule has 0 spiro atoms. The van der Waals surface area contributed by atoms with Gasteiger partial charge in [0, 0.05) is 48.0 Å². The van der Waals surface area contributed by atoms with Crippen molar-refractivity contribution in [3.63, 3.8) is 0 Å². The molecule has 2 fully saturated rings. The van der Waals surface area contributed by atoms with E-state index in [-0.39, 0.29) is 22.9 Å². The van der Waals surface area contributed by atoms with Gasteiger partial charge in [-0.3, -0.25) is 14.5 Å². The lowest BCUT2D eigenvalue weighted by molar-refractivity contribution is -0.132. The molecule has 0 unspecified atom stereocenters.